The minimum atomic E-state index is -4.44. The lowest BCUT2D eigenvalue weighted by Gasteiger charge is -2.09. The molecule has 1 N–H and O–H groups in total. The largest absolute Gasteiger partial charge is 0.416 e. The number of benzene rings is 1. The molecule has 3 rings (SSSR count). The van der Waals surface area contributed by atoms with E-state index < -0.39 is 17.6 Å². The summed E-state index contributed by atoms with van der Waals surface area (Å²) in [7, 11) is 0. The minimum absolute atomic E-state index is 0.100. The van der Waals surface area contributed by atoms with Gasteiger partial charge in [-0.2, -0.15) is 13.2 Å². The van der Waals surface area contributed by atoms with Gasteiger partial charge in [0.1, 0.15) is 6.33 Å². The molecular weight excluding hydrogens is 347 g/mol. The molecule has 0 atom stereocenters. The lowest BCUT2D eigenvalue weighted by molar-refractivity contribution is -0.137. The molecule has 0 aliphatic heterocycles. The van der Waals surface area contributed by atoms with Crippen molar-refractivity contribution in [3.05, 3.63) is 65.5 Å². The molecule has 134 valence electrons. The molecule has 9 heteroatoms. The van der Waals surface area contributed by atoms with Crippen LogP contribution >= 0.6 is 0 Å². The topological polar surface area (TPSA) is 72.7 Å². The maximum atomic E-state index is 12.6. The summed E-state index contributed by atoms with van der Waals surface area (Å²) in [6.45, 7) is 3.75. The number of amides is 1. The highest BCUT2D eigenvalue weighted by molar-refractivity contribution is 6.04. The lowest BCUT2D eigenvalue weighted by Crippen LogP contribution is -2.13. The summed E-state index contributed by atoms with van der Waals surface area (Å²) in [4.78, 5) is 24.6. The van der Waals surface area contributed by atoms with E-state index in [1.165, 1.54) is 12.4 Å². The molecule has 6 nitrogen and oxygen atoms in total. The van der Waals surface area contributed by atoms with E-state index in [0.717, 1.165) is 35.7 Å². The van der Waals surface area contributed by atoms with E-state index in [0.29, 0.717) is 11.6 Å². The maximum Gasteiger partial charge on any atom is 0.416 e. The number of nitrogens with one attached hydrogen (secondary N) is 1. The molecule has 0 unspecified atom stereocenters. The maximum absolute atomic E-state index is 12.6. The van der Waals surface area contributed by atoms with Crippen molar-refractivity contribution < 1.29 is 18.0 Å². The van der Waals surface area contributed by atoms with Crippen molar-refractivity contribution in [3.63, 3.8) is 0 Å². The van der Waals surface area contributed by atoms with Crippen molar-refractivity contribution in [1.82, 2.24) is 19.5 Å². The van der Waals surface area contributed by atoms with E-state index in [4.69, 9.17) is 0 Å². The summed E-state index contributed by atoms with van der Waals surface area (Å²) in [5.74, 6) is -0.152. The van der Waals surface area contributed by atoms with Gasteiger partial charge in [0.25, 0.3) is 5.91 Å². The first-order valence-electron chi connectivity index (χ1n) is 7.57. The molecular formula is C17H14F3N5O. The Morgan fingerprint density at radius 3 is 2.15 bits per heavy atom. The van der Waals surface area contributed by atoms with E-state index >= 15 is 0 Å². The molecule has 2 aromatic heterocycles. The van der Waals surface area contributed by atoms with Gasteiger partial charge in [-0.3, -0.25) is 9.36 Å². The van der Waals surface area contributed by atoms with Crippen molar-refractivity contribution in [2.45, 2.75) is 20.0 Å². The van der Waals surface area contributed by atoms with Gasteiger partial charge in [-0.25, -0.2) is 15.0 Å². The first kappa shape index (κ1) is 17.6. The second kappa shape index (κ2) is 6.58. The molecule has 0 bridgehead atoms. The van der Waals surface area contributed by atoms with Crippen LogP contribution in [0.25, 0.3) is 5.95 Å². The van der Waals surface area contributed by atoms with Crippen LogP contribution in [0.15, 0.2) is 43.0 Å². The normalized spacial score (nSPS) is 11.4. The van der Waals surface area contributed by atoms with Crippen LogP contribution < -0.4 is 5.32 Å². The number of nitrogens with zero attached hydrogens (tertiary/aromatic N) is 4. The van der Waals surface area contributed by atoms with Crippen LogP contribution in [0.2, 0.25) is 0 Å². The van der Waals surface area contributed by atoms with Gasteiger partial charge in [0, 0.05) is 11.3 Å². The van der Waals surface area contributed by atoms with Gasteiger partial charge < -0.3 is 5.32 Å². The van der Waals surface area contributed by atoms with E-state index in [1.807, 2.05) is 13.8 Å². The Bertz CT molecular complexity index is 931. The third-order valence-corrected chi connectivity index (χ3v) is 3.84. The summed E-state index contributed by atoms with van der Waals surface area (Å²) >= 11 is 0. The zero-order valence-corrected chi connectivity index (χ0v) is 13.9. The van der Waals surface area contributed by atoms with E-state index in [1.54, 1.807) is 10.9 Å². The smallest absolute Gasteiger partial charge is 0.319 e. The minimum Gasteiger partial charge on any atom is -0.319 e. The molecule has 0 radical (unpaired) electrons. The number of imidazole rings is 1. The highest BCUT2D eigenvalue weighted by atomic mass is 19.4. The monoisotopic (exact) mass is 361 g/mol. The van der Waals surface area contributed by atoms with Crippen LogP contribution in [0.3, 0.4) is 0 Å². The molecule has 0 fully saturated rings. The number of rotatable bonds is 3. The Kier molecular flexibility index (Phi) is 4.45. The fourth-order valence-electron chi connectivity index (χ4n) is 2.22. The first-order chi connectivity index (χ1) is 12.3. The highest BCUT2D eigenvalue weighted by Crippen LogP contribution is 2.29. The molecule has 1 aromatic carbocycles. The number of halogens is 3. The highest BCUT2D eigenvalue weighted by Gasteiger charge is 2.30. The summed E-state index contributed by atoms with van der Waals surface area (Å²) in [6.07, 6.45) is -0.0128. The van der Waals surface area contributed by atoms with Crippen LogP contribution in [-0.4, -0.2) is 25.4 Å². The van der Waals surface area contributed by atoms with Gasteiger partial charge in [0.05, 0.1) is 29.3 Å². The fraction of sp³-hybridized carbons (Fsp3) is 0.176. The molecule has 0 aliphatic rings. The zero-order chi connectivity index (χ0) is 18.9. The Balaban J connectivity index is 1.73. The van der Waals surface area contributed by atoms with Crippen molar-refractivity contribution >= 4 is 11.6 Å². The van der Waals surface area contributed by atoms with Gasteiger partial charge in [0.15, 0.2) is 0 Å². The SMILES string of the molecule is Cc1ncn(-c2ncc(NC(=O)c3ccc(C(F)(F)F)cc3)cn2)c1C. The van der Waals surface area contributed by atoms with Crippen LogP contribution in [0, 0.1) is 13.8 Å². The molecule has 0 aliphatic carbocycles. The van der Waals surface area contributed by atoms with Gasteiger partial charge in [-0.05, 0) is 38.1 Å². The van der Waals surface area contributed by atoms with Crippen LogP contribution in [0.5, 0.6) is 0 Å². The zero-order valence-electron chi connectivity index (χ0n) is 13.9. The number of hydrogen-bond acceptors (Lipinski definition) is 4. The Labute approximate surface area is 146 Å². The van der Waals surface area contributed by atoms with Gasteiger partial charge >= 0.3 is 6.18 Å². The molecule has 2 heterocycles. The number of alkyl halides is 3. The first-order valence-corrected chi connectivity index (χ1v) is 7.57. The number of aryl methyl sites for hydroxylation is 1. The number of anilines is 1. The Hall–Kier alpha value is -3.23. The number of aromatic nitrogens is 4. The second-order valence-corrected chi connectivity index (χ2v) is 5.59. The predicted molar refractivity (Wildman–Crippen MR) is 88.0 cm³/mol. The van der Waals surface area contributed by atoms with Gasteiger partial charge in [0.2, 0.25) is 5.95 Å². The average Bonchev–Trinajstić information content (AvgIpc) is 2.94. The van der Waals surface area contributed by atoms with Crippen LogP contribution in [0.1, 0.15) is 27.3 Å². The number of hydrogen-bond donors (Lipinski definition) is 1. The number of carbonyl (C=O) groups excluding carboxylic acids is 1. The summed E-state index contributed by atoms with van der Waals surface area (Å²) in [5, 5.41) is 2.54. The van der Waals surface area contributed by atoms with Crippen molar-refractivity contribution in [3.8, 4) is 5.95 Å². The molecule has 0 spiro atoms. The predicted octanol–water partition coefficient (Wildman–Crippen LogP) is 3.55. The van der Waals surface area contributed by atoms with Gasteiger partial charge in [-0.15, -0.1) is 0 Å². The molecule has 26 heavy (non-hydrogen) atoms. The second-order valence-electron chi connectivity index (χ2n) is 5.59. The van der Waals surface area contributed by atoms with Crippen LogP contribution in [-0.2, 0) is 6.18 Å². The molecule has 0 saturated heterocycles. The lowest BCUT2D eigenvalue weighted by atomic mass is 10.1. The van der Waals surface area contributed by atoms with Gasteiger partial charge in [-0.1, -0.05) is 0 Å². The average molecular weight is 361 g/mol. The Morgan fingerprint density at radius 1 is 1.04 bits per heavy atom. The standard InChI is InChI=1S/C17H14F3N5O/c1-10-11(2)25(9-23-10)16-21-7-14(8-22-16)24-15(26)12-3-5-13(6-4-12)17(18,19)20/h3-9H,1-2H3,(H,24,26). The van der Waals surface area contributed by atoms with Crippen LogP contribution in [0.4, 0.5) is 18.9 Å². The molecule has 1 amide bonds. The summed E-state index contributed by atoms with van der Waals surface area (Å²) in [5.41, 5.74) is 1.36. The third kappa shape index (κ3) is 3.56. The third-order valence-electron chi connectivity index (χ3n) is 3.84. The molecule has 3 aromatic rings. The van der Waals surface area contributed by atoms with Crippen molar-refractivity contribution in [2.75, 3.05) is 5.32 Å². The molecule has 0 saturated carbocycles. The van der Waals surface area contributed by atoms with Crippen molar-refractivity contribution in [2.24, 2.45) is 0 Å². The number of carbonyl (C=O) groups is 1. The van der Waals surface area contributed by atoms with E-state index in [-0.39, 0.29) is 5.56 Å². The van der Waals surface area contributed by atoms with Crippen molar-refractivity contribution in [1.29, 1.82) is 0 Å². The van der Waals surface area contributed by atoms with E-state index in [9.17, 15) is 18.0 Å². The summed E-state index contributed by atoms with van der Waals surface area (Å²) in [6, 6.07) is 3.95. The van der Waals surface area contributed by atoms with E-state index in [2.05, 4.69) is 20.3 Å². The quantitative estimate of drug-likeness (QED) is 0.774. The summed E-state index contributed by atoms with van der Waals surface area (Å²) < 4.78 is 39.4. The Morgan fingerprint density at radius 2 is 1.65 bits per heavy atom. The fourth-order valence-corrected chi connectivity index (χ4v) is 2.22.